The maximum atomic E-state index is 11.6. The minimum atomic E-state index is -0.633. The van der Waals surface area contributed by atoms with Crippen LogP contribution in [-0.4, -0.2) is 37.4 Å². The summed E-state index contributed by atoms with van der Waals surface area (Å²) >= 11 is 0. The summed E-state index contributed by atoms with van der Waals surface area (Å²) in [6.45, 7) is 3.88. The first-order chi connectivity index (χ1) is 9.04. The smallest absolute Gasteiger partial charge is 0.258 e. The number of para-hydroxylation sites is 1. The van der Waals surface area contributed by atoms with E-state index in [9.17, 15) is 9.90 Å². The molecule has 0 saturated heterocycles. The number of hydrogen-bond donors (Lipinski definition) is 2. The number of ether oxygens (including phenoxy) is 2. The summed E-state index contributed by atoms with van der Waals surface area (Å²) in [5, 5.41) is 12.3. The number of rotatable bonds is 7. The molecule has 106 valence electrons. The van der Waals surface area contributed by atoms with Crippen LogP contribution in [0.2, 0.25) is 0 Å². The van der Waals surface area contributed by atoms with Crippen molar-refractivity contribution in [3.05, 3.63) is 29.8 Å². The van der Waals surface area contributed by atoms with Crippen LogP contribution in [0.25, 0.3) is 0 Å². The monoisotopic (exact) mass is 267 g/mol. The number of amides is 1. The fraction of sp³-hybridized carbons (Fsp3) is 0.500. The van der Waals surface area contributed by atoms with Crippen LogP contribution in [0.4, 0.5) is 0 Å². The van der Waals surface area contributed by atoms with Gasteiger partial charge in [0.25, 0.3) is 5.91 Å². The molecule has 0 radical (unpaired) electrons. The van der Waals surface area contributed by atoms with Gasteiger partial charge in [0.15, 0.2) is 6.61 Å². The molecule has 1 amide bonds. The van der Waals surface area contributed by atoms with Gasteiger partial charge in [0.2, 0.25) is 0 Å². The largest absolute Gasteiger partial charge is 0.483 e. The third-order valence-electron chi connectivity index (χ3n) is 2.55. The molecule has 0 heterocycles. The number of hydrogen-bond acceptors (Lipinski definition) is 4. The van der Waals surface area contributed by atoms with Crippen LogP contribution >= 0.6 is 0 Å². The first-order valence-corrected chi connectivity index (χ1v) is 6.22. The van der Waals surface area contributed by atoms with E-state index in [1.54, 1.807) is 32.2 Å². The number of aliphatic hydroxyl groups excluding tert-OH is 1. The zero-order valence-electron chi connectivity index (χ0n) is 11.6. The van der Waals surface area contributed by atoms with Gasteiger partial charge in [-0.15, -0.1) is 0 Å². The lowest BCUT2D eigenvalue weighted by molar-refractivity contribution is -0.124. The van der Waals surface area contributed by atoms with Gasteiger partial charge in [-0.2, -0.15) is 0 Å². The summed E-state index contributed by atoms with van der Waals surface area (Å²) in [6, 6.07) is 7.05. The Morgan fingerprint density at radius 2 is 2.05 bits per heavy atom. The van der Waals surface area contributed by atoms with Crippen LogP contribution < -0.4 is 10.1 Å². The van der Waals surface area contributed by atoms with Gasteiger partial charge in [-0.3, -0.25) is 4.79 Å². The Morgan fingerprint density at radius 1 is 1.37 bits per heavy atom. The summed E-state index contributed by atoms with van der Waals surface area (Å²) in [5.41, 5.74) is 0.667. The fourth-order valence-electron chi connectivity index (χ4n) is 1.71. The summed E-state index contributed by atoms with van der Waals surface area (Å²) in [6.07, 6.45) is -0.633. The predicted molar refractivity (Wildman–Crippen MR) is 72.1 cm³/mol. The second-order valence-electron chi connectivity index (χ2n) is 4.43. The molecule has 1 aromatic rings. The number of aliphatic hydroxyl groups is 1. The van der Waals surface area contributed by atoms with Gasteiger partial charge < -0.3 is 19.9 Å². The van der Waals surface area contributed by atoms with Crippen molar-refractivity contribution in [2.24, 2.45) is 0 Å². The second kappa shape index (κ2) is 7.76. The van der Waals surface area contributed by atoms with Crippen LogP contribution in [-0.2, 0) is 9.53 Å². The van der Waals surface area contributed by atoms with E-state index in [-0.39, 0.29) is 18.6 Å². The summed E-state index contributed by atoms with van der Waals surface area (Å²) in [4.78, 5) is 11.6. The first-order valence-electron chi connectivity index (χ1n) is 6.22. The Kier molecular flexibility index (Phi) is 6.32. The highest BCUT2D eigenvalue weighted by molar-refractivity contribution is 5.77. The molecule has 0 bridgehead atoms. The molecule has 0 aromatic heterocycles. The lowest BCUT2D eigenvalue weighted by Gasteiger charge is -2.15. The van der Waals surface area contributed by atoms with Crippen molar-refractivity contribution in [3.63, 3.8) is 0 Å². The maximum absolute atomic E-state index is 11.6. The average Bonchev–Trinajstić information content (AvgIpc) is 2.36. The standard InChI is InChI=1S/C14H21NO4/c1-10(8-18-3)15-14(17)9-19-13-7-5-4-6-12(13)11(2)16/h4-7,10-11,16H,8-9H2,1-3H3,(H,15,17)/t10?,11-/m1/s1. The third-order valence-corrected chi connectivity index (χ3v) is 2.55. The molecule has 0 spiro atoms. The molecular weight excluding hydrogens is 246 g/mol. The van der Waals surface area contributed by atoms with Gasteiger partial charge in [0, 0.05) is 18.7 Å². The molecule has 0 aliphatic heterocycles. The van der Waals surface area contributed by atoms with E-state index >= 15 is 0 Å². The molecule has 19 heavy (non-hydrogen) atoms. The molecule has 2 N–H and O–H groups in total. The summed E-state index contributed by atoms with van der Waals surface area (Å²) in [5.74, 6) is 0.303. The van der Waals surface area contributed by atoms with Gasteiger partial charge >= 0.3 is 0 Å². The number of carbonyl (C=O) groups excluding carboxylic acids is 1. The van der Waals surface area contributed by atoms with Crippen molar-refractivity contribution >= 4 is 5.91 Å². The van der Waals surface area contributed by atoms with Crippen molar-refractivity contribution in [1.82, 2.24) is 5.32 Å². The molecule has 0 aliphatic rings. The van der Waals surface area contributed by atoms with Crippen molar-refractivity contribution in [2.45, 2.75) is 26.0 Å². The van der Waals surface area contributed by atoms with Crippen molar-refractivity contribution in [1.29, 1.82) is 0 Å². The molecule has 5 heteroatoms. The predicted octanol–water partition coefficient (Wildman–Crippen LogP) is 1.27. The Morgan fingerprint density at radius 3 is 2.68 bits per heavy atom. The number of methoxy groups -OCH3 is 1. The zero-order valence-corrected chi connectivity index (χ0v) is 11.6. The van der Waals surface area contributed by atoms with E-state index in [1.165, 1.54) is 0 Å². The highest BCUT2D eigenvalue weighted by Gasteiger charge is 2.11. The Hall–Kier alpha value is -1.59. The minimum Gasteiger partial charge on any atom is -0.483 e. The molecule has 2 atom stereocenters. The van der Waals surface area contributed by atoms with E-state index < -0.39 is 6.10 Å². The molecule has 0 fully saturated rings. The first kappa shape index (κ1) is 15.5. The van der Waals surface area contributed by atoms with E-state index in [2.05, 4.69) is 5.32 Å². The van der Waals surface area contributed by atoms with Crippen molar-refractivity contribution in [2.75, 3.05) is 20.3 Å². The van der Waals surface area contributed by atoms with E-state index in [4.69, 9.17) is 9.47 Å². The van der Waals surface area contributed by atoms with Crippen LogP contribution in [0.15, 0.2) is 24.3 Å². The Bertz CT molecular complexity index is 406. The molecule has 1 aromatic carbocycles. The van der Waals surface area contributed by atoms with Gasteiger partial charge in [-0.1, -0.05) is 18.2 Å². The lowest BCUT2D eigenvalue weighted by Crippen LogP contribution is -2.38. The van der Waals surface area contributed by atoms with Crippen LogP contribution in [0.1, 0.15) is 25.5 Å². The van der Waals surface area contributed by atoms with Gasteiger partial charge in [0.05, 0.1) is 12.7 Å². The van der Waals surface area contributed by atoms with Crippen LogP contribution in [0.5, 0.6) is 5.75 Å². The Balaban J connectivity index is 2.50. The molecule has 0 aliphatic carbocycles. The molecule has 1 unspecified atom stereocenters. The zero-order chi connectivity index (χ0) is 14.3. The third kappa shape index (κ3) is 5.28. The average molecular weight is 267 g/mol. The summed E-state index contributed by atoms with van der Waals surface area (Å²) < 4.78 is 10.4. The quantitative estimate of drug-likeness (QED) is 0.780. The van der Waals surface area contributed by atoms with Gasteiger partial charge in [-0.25, -0.2) is 0 Å². The van der Waals surface area contributed by atoms with Crippen molar-refractivity contribution < 1.29 is 19.4 Å². The van der Waals surface area contributed by atoms with Gasteiger partial charge in [0.1, 0.15) is 5.75 Å². The lowest BCUT2D eigenvalue weighted by atomic mass is 10.1. The molecule has 1 rings (SSSR count). The Labute approximate surface area is 113 Å². The highest BCUT2D eigenvalue weighted by Crippen LogP contribution is 2.24. The SMILES string of the molecule is COCC(C)NC(=O)COc1ccccc1[C@@H](C)O. The highest BCUT2D eigenvalue weighted by atomic mass is 16.5. The summed E-state index contributed by atoms with van der Waals surface area (Å²) in [7, 11) is 1.58. The topological polar surface area (TPSA) is 67.8 Å². The number of carbonyl (C=O) groups is 1. The van der Waals surface area contributed by atoms with E-state index in [0.717, 1.165) is 0 Å². The van der Waals surface area contributed by atoms with Crippen LogP contribution in [0.3, 0.4) is 0 Å². The number of benzene rings is 1. The minimum absolute atomic E-state index is 0.0619. The fourth-order valence-corrected chi connectivity index (χ4v) is 1.71. The number of nitrogens with one attached hydrogen (secondary N) is 1. The van der Waals surface area contributed by atoms with E-state index in [1.807, 2.05) is 13.0 Å². The molecule has 5 nitrogen and oxygen atoms in total. The molecular formula is C14H21NO4. The van der Waals surface area contributed by atoms with Crippen molar-refractivity contribution in [3.8, 4) is 5.75 Å². The molecule has 0 saturated carbocycles. The second-order valence-corrected chi connectivity index (χ2v) is 4.43. The van der Waals surface area contributed by atoms with Gasteiger partial charge in [-0.05, 0) is 19.9 Å². The normalized spacial score (nSPS) is 13.7. The van der Waals surface area contributed by atoms with Crippen LogP contribution in [0, 0.1) is 0 Å². The maximum Gasteiger partial charge on any atom is 0.258 e. The van der Waals surface area contributed by atoms with E-state index in [0.29, 0.717) is 17.9 Å².